The van der Waals surface area contributed by atoms with Crippen LogP contribution in [0.5, 0.6) is 5.75 Å². The van der Waals surface area contributed by atoms with Crippen LogP contribution in [0.3, 0.4) is 0 Å². The van der Waals surface area contributed by atoms with Crippen molar-refractivity contribution in [3.63, 3.8) is 0 Å². The number of anilines is 6. The number of amides is 1. The van der Waals surface area contributed by atoms with E-state index in [0.717, 1.165) is 68.3 Å². The van der Waals surface area contributed by atoms with Crippen LogP contribution in [0.2, 0.25) is 5.02 Å². The van der Waals surface area contributed by atoms with Crippen molar-refractivity contribution in [1.29, 1.82) is 0 Å². The van der Waals surface area contributed by atoms with Gasteiger partial charge in [0.2, 0.25) is 5.95 Å². The lowest BCUT2D eigenvalue weighted by atomic mass is 9.94. The van der Waals surface area contributed by atoms with E-state index in [4.69, 9.17) is 26.1 Å². The molecule has 3 aliphatic heterocycles. The summed E-state index contributed by atoms with van der Waals surface area (Å²) in [5.74, 6) is 1.43. The molecule has 2 N–H and O–H groups in total. The van der Waals surface area contributed by atoms with Gasteiger partial charge in [-0.15, -0.1) is 0 Å². The topological polar surface area (TPSA) is 98.3 Å². The molecule has 0 bridgehead atoms. The number of hydrogen-bond donors (Lipinski definition) is 2. The first kappa shape index (κ1) is 30.2. The third-order valence-corrected chi connectivity index (χ3v) is 9.01. The van der Waals surface area contributed by atoms with E-state index in [9.17, 15) is 4.79 Å². The second kappa shape index (κ2) is 13.1. The lowest BCUT2D eigenvalue weighted by Crippen LogP contribution is -2.49. The fourth-order valence-electron chi connectivity index (χ4n) is 6.15. The first-order valence-electron chi connectivity index (χ1n) is 15.3. The Morgan fingerprint density at radius 3 is 2.43 bits per heavy atom. The summed E-state index contributed by atoms with van der Waals surface area (Å²) < 4.78 is 11.2. The van der Waals surface area contributed by atoms with Gasteiger partial charge in [0, 0.05) is 76.3 Å². The van der Waals surface area contributed by atoms with Gasteiger partial charge >= 0.3 is 0 Å². The zero-order chi connectivity index (χ0) is 30.8. The third kappa shape index (κ3) is 6.22. The van der Waals surface area contributed by atoms with Crippen LogP contribution in [0.4, 0.5) is 34.5 Å². The van der Waals surface area contributed by atoms with Gasteiger partial charge in [0.1, 0.15) is 10.8 Å². The molecule has 4 heterocycles. The number of carbonyl (C=O) groups excluding carboxylic acids is 1. The van der Waals surface area contributed by atoms with Crippen molar-refractivity contribution in [1.82, 2.24) is 19.8 Å². The number of ether oxygens (including phenoxy) is 2. The van der Waals surface area contributed by atoms with E-state index in [1.807, 2.05) is 31.3 Å². The normalized spacial score (nSPS) is 17.6. The number of morpholine rings is 1. The summed E-state index contributed by atoms with van der Waals surface area (Å²) in [5, 5.41) is 6.99. The third-order valence-electron chi connectivity index (χ3n) is 8.74. The van der Waals surface area contributed by atoms with Crippen LogP contribution >= 0.6 is 11.6 Å². The summed E-state index contributed by atoms with van der Waals surface area (Å²) >= 11 is 6.59. The average Bonchev–Trinajstić information content (AvgIpc) is 3.05. The maximum Gasteiger partial charge on any atom is 0.256 e. The molecule has 0 aliphatic carbocycles. The second-order valence-corrected chi connectivity index (χ2v) is 12.1. The maximum atomic E-state index is 13.6. The van der Waals surface area contributed by atoms with Gasteiger partial charge in [-0.25, -0.2) is 4.98 Å². The van der Waals surface area contributed by atoms with E-state index in [2.05, 4.69) is 50.2 Å². The first-order valence-corrected chi connectivity index (χ1v) is 15.7. The van der Waals surface area contributed by atoms with Crippen LogP contribution in [-0.4, -0.2) is 105 Å². The number of fused-ring (bicyclic) bond motifs is 1. The molecule has 1 amide bonds. The first-order chi connectivity index (χ1) is 21.3. The molecule has 2 saturated heterocycles. The molecule has 0 spiro atoms. The Kier molecular flexibility index (Phi) is 8.97. The van der Waals surface area contributed by atoms with Crippen LogP contribution in [0.15, 0.2) is 36.5 Å². The van der Waals surface area contributed by atoms with Gasteiger partial charge in [-0.1, -0.05) is 11.6 Å². The summed E-state index contributed by atoms with van der Waals surface area (Å²) in [6.45, 7) is 12.1. The number of methoxy groups -OCH3 is 1. The minimum atomic E-state index is -0.00922. The molecule has 44 heavy (non-hydrogen) atoms. The Bertz CT molecular complexity index is 1510. The highest BCUT2D eigenvalue weighted by molar-refractivity contribution is 6.33. The van der Waals surface area contributed by atoms with Gasteiger partial charge in [0.05, 0.1) is 43.5 Å². The highest BCUT2D eigenvalue weighted by Crippen LogP contribution is 2.37. The van der Waals surface area contributed by atoms with Crippen molar-refractivity contribution >= 4 is 52.0 Å². The lowest BCUT2D eigenvalue weighted by molar-refractivity contribution is 0.0782. The molecular weight excluding hydrogens is 580 g/mol. The van der Waals surface area contributed by atoms with Crippen molar-refractivity contribution in [3.8, 4) is 5.75 Å². The van der Waals surface area contributed by atoms with E-state index in [1.54, 1.807) is 18.2 Å². The predicted molar refractivity (Wildman–Crippen MR) is 176 cm³/mol. The van der Waals surface area contributed by atoms with Gasteiger partial charge in [-0.2, -0.15) is 4.98 Å². The zero-order valence-corrected chi connectivity index (χ0v) is 26.7. The molecule has 0 saturated carbocycles. The molecule has 0 unspecified atom stereocenters. The van der Waals surface area contributed by atoms with Gasteiger partial charge in [0.25, 0.3) is 5.91 Å². The number of halogens is 1. The number of nitrogens with one attached hydrogen (secondary N) is 2. The highest BCUT2D eigenvalue weighted by atomic mass is 35.5. The van der Waals surface area contributed by atoms with Gasteiger partial charge in [0.15, 0.2) is 5.82 Å². The van der Waals surface area contributed by atoms with E-state index < -0.39 is 0 Å². The standard InChI is InChI=1S/C32H41ClN8O3/c1-21(2)39-11-13-41(14-12-39)27-8-7-26(29-23(27)9-10-38(3)31(29)42)35-30-24(33)20-34-32(37-30)36-25-6-5-22(19-28(25)43-4)40-15-17-44-18-16-40/h5-8,19-21H,9-18H2,1-4H3,(H2,34,35,36,37). The average molecular weight is 621 g/mol. The number of benzene rings is 2. The Labute approximate surface area is 264 Å². The van der Waals surface area contributed by atoms with Crippen molar-refractivity contribution < 1.29 is 14.3 Å². The summed E-state index contributed by atoms with van der Waals surface area (Å²) in [5.41, 5.74) is 5.37. The van der Waals surface area contributed by atoms with E-state index in [-0.39, 0.29) is 5.91 Å². The smallest absolute Gasteiger partial charge is 0.256 e. The van der Waals surface area contributed by atoms with Gasteiger partial charge in [-0.05, 0) is 50.1 Å². The number of piperazine rings is 1. The van der Waals surface area contributed by atoms with Gasteiger partial charge in [-0.3, -0.25) is 9.69 Å². The van der Waals surface area contributed by atoms with E-state index in [1.165, 1.54) is 0 Å². The molecule has 11 nitrogen and oxygen atoms in total. The SMILES string of the molecule is COc1cc(N2CCOCC2)ccc1Nc1ncc(Cl)c(Nc2ccc(N3CCN(C(C)C)CC3)c3c2C(=O)N(C)CC3)n1. The molecule has 3 aliphatic rings. The van der Waals surface area contributed by atoms with Crippen molar-refractivity contribution in [2.45, 2.75) is 26.3 Å². The van der Waals surface area contributed by atoms with Crippen molar-refractivity contribution in [2.24, 2.45) is 0 Å². The quantitative estimate of drug-likeness (QED) is 0.371. The summed E-state index contributed by atoms with van der Waals surface area (Å²) in [4.78, 5) is 31.6. The molecule has 0 radical (unpaired) electrons. The number of carbonyl (C=O) groups is 1. The molecule has 1 aromatic heterocycles. The minimum Gasteiger partial charge on any atom is -0.494 e. The van der Waals surface area contributed by atoms with Crippen molar-refractivity contribution in [3.05, 3.63) is 52.7 Å². The number of nitrogens with zero attached hydrogens (tertiary/aromatic N) is 6. The van der Waals surface area contributed by atoms with Crippen LogP contribution in [0, 0.1) is 0 Å². The van der Waals surface area contributed by atoms with Crippen molar-refractivity contribution in [2.75, 3.05) is 93.6 Å². The summed E-state index contributed by atoms with van der Waals surface area (Å²) in [6.07, 6.45) is 2.34. The Morgan fingerprint density at radius 2 is 1.70 bits per heavy atom. The fourth-order valence-corrected chi connectivity index (χ4v) is 6.29. The summed E-state index contributed by atoms with van der Waals surface area (Å²) in [6, 6.07) is 10.6. The molecule has 2 aromatic carbocycles. The molecule has 234 valence electrons. The lowest BCUT2D eigenvalue weighted by Gasteiger charge is -2.40. The molecule has 3 aromatic rings. The molecule has 6 rings (SSSR count). The maximum absolute atomic E-state index is 13.6. The number of aromatic nitrogens is 2. The van der Waals surface area contributed by atoms with Crippen LogP contribution in [-0.2, 0) is 11.2 Å². The zero-order valence-electron chi connectivity index (χ0n) is 25.9. The predicted octanol–water partition coefficient (Wildman–Crippen LogP) is 4.62. The molecule has 0 atom stereocenters. The number of likely N-dealkylation sites (N-methyl/N-ethyl adjacent to an activating group) is 1. The Hall–Kier alpha value is -3.80. The minimum absolute atomic E-state index is 0.00922. The van der Waals surface area contributed by atoms with Crippen LogP contribution in [0.25, 0.3) is 0 Å². The highest BCUT2D eigenvalue weighted by Gasteiger charge is 2.30. The van der Waals surface area contributed by atoms with Gasteiger partial charge < -0.3 is 34.8 Å². The Morgan fingerprint density at radius 1 is 0.955 bits per heavy atom. The van der Waals surface area contributed by atoms with E-state index >= 15 is 0 Å². The second-order valence-electron chi connectivity index (χ2n) is 11.7. The Balaban J connectivity index is 1.26. The molecular formula is C32H41ClN8O3. The van der Waals surface area contributed by atoms with E-state index in [0.29, 0.717) is 59.6 Å². The summed E-state index contributed by atoms with van der Waals surface area (Å²) in [7, 11) is 3.49. The largest absolute Gasteiger partial charge is 0.494 e. The molecule has 2 fully saturated rings. The molecule has 12 heteroatoms. The number of hydrogen-bond acceptors (Lipinski definition) is 10. The monoisotopic (exact) mass is 620 g/mol. The number of rotatable bonds is 8. The fraction of sp³-hybridized carbons (Fsp3) is 0.469. The van der Waals surface area contributed by atoms with Crippen LogP contribution < -0.4 is 25.2 Å². The van der Waals surface area contributed by atoms with Crippen LogP contribution in [0.1, 0.15) is 29.8 Å².